The summed E-state index contributed by atoms with van der Waals surface area (Å²) < 4.78 is 0. The molecule has 0 unspecified atom stereocenters. The van der Waals surface area contributed by atoms with Crippen LogP contribution < -0.4 is 10.2 Å². The molecule has 21 heavy (non-hydrogen) atoms. The Labute approximate surface area is 129 Å². The summed E-state index contributed by atoms with van der Waals surface area (Å²) in [6.45, 7) is 10.6. The van der Waals surface area contributed by atoms with E-state index in [1.54, 1.807) is 0 Å². The third-order valence-electron chi connectivity index (χ3n) is 3.49. The number of nitrogens with one attached hydrogen (secondary N) is 1. The molecule has 0 aliphatic carbocycles. The van der Waals surface area contributed by atoms with E-state index in [1.165, 1.54) is 0 Å². The van der Waals surface area contributed by atoms with E-state index in [0.29, 0.717) is 0 Å². The third-order valence-corrected chi connectivity index (χ3v) is 3.49. The molecule has 1 rings (SSSR count). The van der Waals surface area contributed by atoms with Crippen molar-refractivity contribution in [3.63, 3.8) is 0 Å². The summed E-state index contributed by atoms with van der Waals surface area (Å²) >= 11 is 0. The molecule has 1 aromatic heterocycles. The lowest BCUT2D eigenvalue weighted by molar-refractivity contribution is 0.401. The van der Waals surface area contributed by atoms with Gasteiger partial charge in [-0.15, -0.1) is 0 Å². The fourth-order valence-electron chi connectivity index (χ4n) is 2.19. The van der Waals surface area contributed by atoms with Gasteiger partial charge in [0.25, 0.3) is 0 Å². The van der Waals surface area contributed by atoms with E-state index in [1.807, 2.05) is 7.05 Å². The normalized spacial score (nSPS) is 11.9. The van der Waals surface area contributed by atoms with Crippen molar-refractivity contribution >= 4 is 11.6 Å². The summed E-state index contributed by atoms with van der Waals surface area (Å²) in [6.07, 6.45) is 1.12. The topological polar surface area (TPSA) is 44.3 Å². The van der Waals surface area contributed by atoms with Gasteiger partial charge in [0.15, 0.2) is 0 Å². The van der Waals surface area contributed by atoms with Crippen molar-refractivity contribution in [3.05, 3.63) is 11.4 Å². The Kier molecular flexibility index (Phi) is 5.96. The first-order valence-corrected chi connectivity index (χ1v) is 7.59. The van der Waals surface area contributed by atoms with Gasteiger partial charge in [-0.1, -0.05) is 20.8 Å². The molecule has 0 saturated carbocycles. The molecule has 0 aromatic carbocycles. The van der Waals surface area contributed by atoms with Gasteiger partial charge < -0.3 is 15.1 Å². The molecule has 120 valence electrons. The SMILES string of the molecule is CNc1nc(C(C)(C)C)nc(N(C)CCCN(C)C)c1C. The van der Waals surface area contributed by atoms with Gasteiger partial charge in [-0.05, 0) is 34.0 Å². The molecule has 0 fully saturated rings. The molecule has 1 aromatic rings. The zero-order chi connectivity index (χ0) is 16.2. The second kappa shape index (κ2) is 7.07. The molecule has 1 heterocycles. The maximum Gasteiger partial charge on any atom is 0.138 e. The molecule has 0 atom stereocenters. The smallest absolute Gasteiger partial charge is 0.138 e. The van der Waals surface area contributed by atoms with E-state index in [-0.39, 0.29) is 5.41 Å². The average Bonchev–Trinajstić information content (AvgIpc) is 2.36. The minimum atomic E-state index is -0.0570. The number of hydrogen-bond donors (Lipinski definition) is 1. The molecule has 1 N–H and O–H groups in total. The van der Waals surface area contributed by atoms with Crippen molar-refractivity contribution < 1.29 is 0 Å². The number of hydrogen-bond acceptors (Lipinski definition) is 5. The highest BCUT2D eigenvalue weighted by molar-refractivity contribution is 5.58. The molecule has 0 bridgehead atoms. The molecule has 5 heteroatoms. The minimum absolute atomic E-state index is 0.0570. The fourth-order valence-corrected chi connectivity index (χ4v) is 2.19. The van der Waals surface area contributed by atoms with Crippen LogP contribution in [0.1, 0.15) is 38.6 Å². The lowest BCUT2D eigenvalue weighted by Gasteiger charge is -2.25. The molecular weight excluding hydrogens is 262 g/mol. The second-order valence-electron chi connectivity index (χ2n) is 6.92. The van der Waals surface area contributed by atoms with Crippen LogP contribution >= 0.6 is 0 Å². The van der Waals surface area contributed by atoms with Crippen LogP contribution in [0.5, 0.6) is 0 Å². The van der Waals surface area contributed by atoms with Gasteiger partial charge in [0, 0.05) is 31.6 Å². The Morgan fingerprint density at radius 3 is 2.14 bits per heavy atom. The molecule has 0 aliphatic heterocycles. The predicted octanol–water partition coefficient (Wildman–Crippen LogP) is 2.51. The minimum Gasteiger partial charge on any atom is -0.373 e. The fraction of sp³-hybridized carbons (Fsp3) is 0.750. The van der Waals surface area contributed by atoms with Crippen LogP contribution in [-0.2, 0) is 5.41 Å². The molecule has 5 nitrogen and oxygen atoms in total. The Hall–Kier alpha value is -1.36. The van der Waals surface area contributed by atoms with Gasteiger partial charge in [0.2, 0.25) is 0 Å². The first-order chi connectivity index (χ1) is 9.66. The summed E-state index contributed by atoms with van der Waals surface area (Å²) in [6, 6.07) is 0. The number of aromatic nitrogens is 2. The van der Waals surface area contributed by atoms with Crippen LogP contribution in [0, 0.1) is 6.92 Å². The van der Waals surface area contributed by atoms with E-state index >= 15 is 0 Å². The van der Waals surface area contributed by atoms with Crippen molar-refractivity contribution in [2.75, 3.05) is 51.5 Å². The van der Waals surface area contributed by atoms with Crippen molar-refractivity contribution in [2.45, 2.75) is 39.5 Å². The van der Waals surface area contributed by atoms with Gasteiger partial charge in [-0.2, -0.15) is 0 Å². The summed E-state index contributed by atoms with van der Waals surface area (Å²) in [5.74, 6) is 2.83. The van der Waals surface area contributed by atoms with Crippen molar-refractivity contribution in [3.8, 4) is 0 Å². The van der Waals surface area contributed by atoms with E-state index in [4.69, 9.17) is 4.98 Å². The van der Waals surface area contributed by atoms with E-state index < -0.39 is 0 Å². The molecular formula is C16H31N5. The number of nitrogens with zero attached hydrogens (tertiary/aromatic N) is 4. The van der Waals surface area contributed by atoms with E-state index in [2.05, 4.69) is 68.9 Å². The van der Waals surface area contributed by atoms with E-state index in [0.717, 1.165) is 42.5 Å². The van der Waals surface area contributed by atoms with Gasteiger partial charge >= 0.3 is 0 Å². The Balaban J connectivity index is 3.04. The molecule has 0 aliphatic rings. The maximum atomic E-state index is 4.81. The Bertz CT molecular complexity index is 462. The average molecular weight is 293 g/mol. The van der Waals surface area contributed by atoms with Crippen LogP contribution in [0.2, 0.25) is 0 Å². The van der Waals surface area contributed by atoms with Gasteiger partial charge in [-0.3, -0.25) is 0 Å². The monoisotopic (exact) mass is 293 g/mol. The van der Waals surface area contributed by atoms with Crippen molar-refractivity contribution in [1.29, 1.82) is 0 Å². The lowest BCUT2D eigenvalue weighted by Crippen LogP contribution is -2.27. The van der Waals surface area contributed by atoms with Gasteiger partial charge in [0.05, 0.1) is 0 Å². The lowest BCUT2D eigenvalue weighted by atomic mass is 9.95. The largest absolute Gasteiger partial charge is 0.373 e. The molecule has 0 amide bonds. The zero-order valence-electron chi connectivity index (χ0n) is 14.9. The molecule has 0 spiro atoms. The number of anilines is 2. The van der Waals surface area contributed by atoms with Crippen molar-refractivity contribution in [2.24, 2.45) is 0 Å². The zero-order valence-corrected chi connectivity index (χ0v) is 14.9. The highest BCUT2D eigenvalue weighted by Crippen LogP contribution is 2.27. The quantitative estimate of drug-likeness (QED) is 0.873. The van der Waals surface area contributed by atoms with Gasteiger partial charge in [-0.25, -0.2) is 9.97 Å². The molecule has 0 radical (unpaired) electrons. The summed E-state index contributed by atoms with van der Waals surface area (Å²) in [7, 11) is 8.23. The first kappa shape index (κ1) is 17.7. The van der Waals surface area contributed by atoms with Crippen molar-refractivity contribution in [1.82, 2.24) is 14.9 Å². The Morgan fingerprint density at radius 2 is 1.67 bits per heavy atom. The van der Waals surface area contributed by atoms with Crippen LogP contribution in [0.15, 0.2) is 0 Å². The molecule has 0 saturated heterocycles. The second-order valence-corrected chi connectivity index (χ2v) is 6.92. The number of rotatable bonds is 6. The highest BCUT2D eigenvalue weighted by atomic mass is 15.2. The highest BCUT2D eigenvalue weighted by Gasteiger charge is 2.22. The summed E-state index contributed by atoms with van der Waals surface area (Å²) in [5.41, 5.74) is 1.05. The summed E-state index contributed by atoms with van der Waals surface area (Å²) in [4.78, 5) is 13.9. The van der Waals surface area contributed by atoms with Crippen LogP contribution in [0.3, 0.4) is 0 Å². The van der Waals surface area contributed by atoms with Crippen LogP contribution in [0.25, 0.3) is 0 Å². The standard InChI is InChI=1S/C16H31N5/c1-12-13(17-5)18-15(16(2,3)4)19-14(12)21(8)11-9-10-20(6)7/h9-11H2,1-8H3,(H,17,18,19). The van der Waals surface area contributed by atoms with E-state index in [9.17, 15) is 0 Å². The van der Waals surface area contributed by atoms with Crippen LogP contribution in [-0.4, -0.2) is 56.1 Å². The van der Waals surface area contributed by atoms with Crippen LogP contribution in [0.4, 0.5) is 11.6 Å². The maximum absolute atomic E-state index is 4.81. The van der Waals surface area contributed by atoms with Gasteiger partial charge in [0.1, 0.15) is 17.5 Å². The predicted molar refractivity (Wildman–Crippen MR) is 91.5 cm³/mol. The Morgan fingerprint density at radius 1 is 1.05 bits per heavy atom. The summed E-state index contributed by atoms with van der Waals surface area (Å²) in [5, 5.41) is 3.19. The third kappa shape index (κ3) is 4.84. The first-order valence-electron chi connectivity index (χ1n) is 7.59.